The standard InChI is InChI=1S/C17H20N4O4/c1-11-5-3-8-15(21(19)17(23)20-18)14(11)10-25-13-7-4-6-12(9-13)16(22)24-2/h3-9H,10,18-19H2,1-2H3,(H,20,23). The van der Waals surface area contributed by atoms with E-state index in [-0.39, 0.29) is 6.61 Å². The van der Waals surface area contributed by atoms with Gasteiger partial charge >= 0.3 is 12.0 Å². The van der Waals surface area contributed by atoms with Crippen LogP contribution in [0.25, 0.3) is 0 Å². The molecule has 2 aromatic carbocycles. The number of amides is 2. The van der Waals surface area contributed by atoms with E-state index in [2.05, 4.69) is 4.74 Å². The smallest absolute Gasteiger partial charge is 0.350 e. The summed E-state index contributed by atoms with van der Waals surface area (Å²) in [5.41, 5.74) is 4.44. The molecule has 0 spiro atoms. The van der Waals surface area contributed by atoms with E-state index in [1.807, 2.05) is 18.4 Å². The van der Waals surface area contributed by atoms with E-state index < -0.39 is 12.0 Å². The highest BCUT2D eigenvalue weighted by atomic mass is 16.5. The van der Waals surface area contributed by atoms with E-state index in [1.54, 1.807) is 36.4 Å². The second kappa shape index (κ2) is 8.13. The Morgan fingerprint density at radius 2 is 1.92 bits per heavy atom. The molecule has 8 heteroatoms. The molecular weight excluding hydrogens is 324 g/mol. The molecule has 0 aliphatic carbocycles. The molecule has 2 rings (SSSR count). The Labute approximate surface area is 145 Å². The van der Waals surface area contributed by atoms with Crippen molar-refractivity contribution in [1.82, 2.24) is 5.43 Å². The summed E-state index contributed by atoms with van der Waals surface area (Å²) in [5, 5.41) is 0.913. The maximum atomic E-state index is 11.7. The SMILES string of the molecule is COC(=O)c1cccc(OCc2c(C)cccc2N(N)C(=O)NN)c1. The first-order valence-corrected chi connectivity index (χ1v) is 7.43. The number of nitrogens with zero attached hydrogens (tertiary/aromatic N) is 1. The van der Waals surface area contributed by atoms with Crippen molar-refractivity contribution in [3.05, 3.63) is 59.2 Å². The maximum Gasteiger partial charge on any atom is 0.350 e. The number of benzene rings is 2. The number of methoxy groups -OCH3 is 1. The van der Waals surface area contributed by atoms with E-state index in [0.717, 1.165) is 16.1 Å². The Morgan fingerprint density at radius 1 is 1.20 bits per heavy atom. The van der Waals surface area contributed by atoms with Crippen LogP contribution >= 0.6 is 0 Å². The van der Waals surface area contributed by atoms with Gasteiger partial charge in [0.05, 0.1) is 18.4 Å². The Balaban J connectivity index is 2.24. The normalized spacial score (nSPS) is 10.1. The van der Waals surface area contributed by atoms with Gasteiger partial charge in [-0.2, -0.15) is 0 Å². The van der Waals surface area contributed by atoms with Gasteiger partial charge in [0.1, 0.15) is 12.4 Å². The van der Waals surface area contributed by atoms with Gasteiger partial charge in [-0.05, 0) is 36.8 Å². The Hall–Kier alpha value is -3.10. The lowest BCUT2D eigenvalue weighted by molar-refractivity contribution is 0.0600. The molecule has 0 fully saturated rings. The maximum absolute atomic E-state index is 11.7. The number of urea groups is 1. The van der Waals surface area contributed by atoms with Gasteiger partial charge in [-0.3, -0.25) is 5.43 Å². The minimum absolute atomic E-state index is 0.151. The molecule has 0 atom stereocenters. The van der Waals surface area contributed by atoms with Crippen molar-refractivity contribution in [1.29, 1.82) is 0 Å². The molecule has 8 nitrogen and oxygen atoms in total. The van der Waals surface area contributed by atoms with E-state index in [0.29, 0.717) is 17.0 Å². The van der Waals surface area contributed by atoms with Gasteiger partial charge in [0.2, 0.25) is 0 Å². The molecule has 0 bridgehead atoms. The van der Waals surface area contributed by atoms with E-state index in [1.165, 1.54) is 7.11 Å². The topological polar surface area (TPSA) is 120 Å². The Kier molecular flexibility index (Phi) is 5.93. The van der Waals surface area contributed by atoms with Gasteiger partial charge in [-0.1, -0.05) is 18.2 Å². The van der Waals surface area contributed by atoms with Crippen molar-refractivity contribution in [3.63, 3.8) is 0 Å². The van der Waals surface area contributed by atoms with Crippen LogP contribution in [0.15, 0.2) is 42.5 Å². The van der Waals surface area contributed by atoms with Crippen molar-refractivity contribution < 1.29 is 19.1 Å². The second-order valence-corrected chi connectivity index (χ2v) is 5.20. The predicted molar refractivity (Wildman–Crippen MR) is 92.7 cm³/mol. The molecule has 132 valence electrons. The molecule has 0 unspecified atom stereocenters. The van der Waals surface area contributed by atoms with Gasteiger partial charge < -0.3 is 9.47 Å². The van der Waals surface area contributed by atoms with Crippen molar-refractivity contribution in [2.45, 2.75) is 13.5 Å². The molecular formula is C17H20N4O4. The number of carbonyl (C=O) groups is 2. The fraction of sp³-hybridized carbons (Fsp3) is 0.176. The third kappa shape index (κ3) is 4.25. The number of anilines is 1. The number of nitrogens with two attached hydrogens (primary N) is 2. The Bertz CT molecular complexity index is 779. The van der Waals surface area contributed by atoms with Gasteiger partial charge in [0, 0.05) is 5.56 Å². The van der Waals surface area contributed by atoms with Crippen molar-refractivity contribution in [2.24, 2.45) is 11.7 Å². The highest BCUT2D eigenvalue weighted by Crippen LogP contribution is 2.24. The first-order chi connectivity index (χ1) is 12.0. The molecule has 0 saturated carbocycles. The average Bonchev–Trinajstić information content (AvgIpc) is 2.65. The molecule has 0 radical (unpaired) electrons. The average molecular weight is 344 g/mol. The molecule has 0 aliphatic heterocycles. The largest absolute Gasteiger partial charge is 0.489 e. The summed E-state index contributed by atoms with van der Waals surface area (Å²) >= 11 is 0. The number of hydrazine groups is 2. The second-order valence-electron chi connectivity index (χ2n) is 5.20. The molecule has 5 N–H and O–H groups in total. The number of hydrogen-bond donors (Lipinski definition) is 3. The summed E-state index contributed by atoms with van der Waals surface area (Å²) in [4.78, 5) is 23.3. The van der Waals surface area contributed by atoms with E-state index in [9.17, 15) is 9.59 Å². The zero-order chi connectivity index (χ0) is 18.4. The number of hydrogen-bond acceptors (Lipinski definition) is 6. The minimum Gasteiger partial charge on any atom is -0.489 e. The fourth-order valence-electron chi connectivity index (χ4n) is 2.27. The Morgan fingerprint density at radius 3 is 2.60 bits per heavy atom. The summed E-state index contributed by atoms with van der Waals surface area (Å²) in [6, 6.07) is 11.3. The lowest BCUT2D eigenvalue weighted by atomic mass is 10.1. The van der Waals surface area contributed by atoms with E-state index in [4.69, 9.17) is 16.4 Å². The van der Waals surface area contributed by atoms with Crippen LogP contribution in [0.5, 0.6) is 5.75 Å². The molecule has 0 heterocycles. The van der Waals surface area contributed by atoms with Gasteiger partial charge in [-0.25, -0.2) is 26.3 Å². The lowest BCUT2D eigenvalue weighted by Gasteiger charge is -2.21. The van der Waals surface area contributed by atoms with Crippen LogP contribution < -0.4 is 26.9 Å². The van der Waals surface area contributed by atoms with Crippen LogP contribution in [-0.2, 0) is 11.3 Å². The predicted octanol–water partition coefficient (Wildman–Crippen LogP) is 1.62. The van der Waals surface area contributed by atoms with Crippen molar-refractivity contribution in [3.8, 4) is 5.75 Å². The van der Waals surface area contributed by atoms with Crippen LogP contribution in [0.1, 0.15) is 21.5 Å². The number of esters is 1. The van der Waals surface area contributed by atoms with Crippen molar-refractivity contribution in [2.75, 3.05) is 12.1 Å². The number of nitrogens with one attached hydrogen (secondary N) is 1. The lowest BCUT2D eigenvalue weighted by Crippen LogP contribution is -2.48. The van der Waals surface area contributed by atoms with E-state index >= 15 is 0 Å². The first kappa shape index (κ1) is 18.2. The molecule has 0 saturated heterocycles. The quantitative estimate of drug-likeness (QED) is 0.328. The molecule has 2 amide bonds. The van der Waals surface area contributed by atoms with Crippen LogP contribution in [0.2, 0.25) is 0 Å². The highest BCUT2D eigenvalue weighted by molar-refractivity contribution is 5.91. The van der Waals surface area contributed by atoms with Crippen molar-refractivity contribution >= 4 is 17.7 Å². The monoisotopic (exact) mass is 344 g/mol. The number of ether oxygens (including phenoxy) is 2. The zero-order valence-corrected chi connectivity index (χ0v) is 14.0. The summed E-state index contributed by atoms with van der Waals surface area (Å²) in [6.07, 6.45) is 0. The molecule has 2 aromatic rings. The molecule has 25 heavy (non-hydrogen) atoms. The summed E-state index contributed by atoms with van der Waals surface area (Å²) < 4.78 is 10.4. The van der Waals surface area contributed by atoms with Crippen LogP contribution in [-0.4, -0.2) is 19.1 Å². The third-order valence-corrected chi connectivity index (χ3v) is 3.63. The fourth-order valence-corrected chi connectivity index (χ4v) is 2.27. The summed E-state index contributed by atoms with van der Waals surface area (Å²) in [6.45, 7) is 2.03. The number of rotatable bonds is 5. The third-order valence-electron chi connectivity index (χ3n) is 3.63. The van der Waals surface area contributed by atoms with Gasteiger partial charge in [0.25, 0.3) is 0 Å². The number of carbonyl (C=O) groups excluding carboxylic acids is 2. The van der Waals surface area contributed by atoms with Crippen LogP contribution in [0.3, 0.4) is 0 Å². The zero-order valence-electron chi connectivity index (χ0n) is 14.0. The minimum atomic E-state index is -0.653. The van der Waals surface area contributed by atoms with Gasteiger partial charge in [0.15, 0.2) is 0 Å². The summed E-state index contributed by atoms with van der Waals surface area (Å²) in [5.74, 6) is 11.0. The summed E-state index contributed by atoms with van der Waals surface area (Å²) in [7, 11) is 1.31. The molecule has 0 aromatic heterocycles. The van der Waals surface area contributed by atoms with Crippen LogP contribution in [0, 0.1) is 6.92 Å². The molecule has 0 aliphatic rings. The first-order valence-electron chi connectivity index (χ1n) is 7.43. The van der Waals surface area contributed by atoms with Crippen LogP contribution in [0.4, 0.5) is 10.5 Å². The highest BCUT2D eigenvalue weighted by Gasteiger charge is 2.16. The number of aryl methyl sites for hydroxylation is 1. The van der Waals surface area contributed by atoms with Gasteiger partial charge in [-0.15, -0.1) is 0 Å².